The lowest BCUT2D eigenvalue weighted by Gasteiger charge is -2.18. The minimum atomic E-state index is -3.78. The number of hydrogen-bond donors (Lipinski definition) is 1. The first kappa shape index (κ1) is 17.5. The van der Waals surface area contributed by atoms with Crippen molar-refractivity contribution in [2.75, 3.05) is 10.8 Å². The largest absolute Gasteiger partial charge is 0.350 e. The zero-order chi connectivity index (χ0) is 19.2. The van der Waals surface area contributed by atoms with Gasteiger partial charge >= 0.3 is 0 Å². The summed E-state index contributed by atoms with van der Waals surface area (Å²) in [6.07, 6.45) is 0. The van der Waals surface area contributed by atoms with Gasteiger partial charge in [-0.3, -0.25) is 9.10 Å². The molecule has 0 unspecified atom stereocenters. The van der Waals surface area contributed by atoms with Crippen LogP contribution < -0.4 is 9.62 Å². The average Bonchev–Trinajstić information content (AvgIpc) is 2.86. The Morgan fingerprint density at radius 3 is 2.59 bits per heavy atom. The molecule has 27 heavy (non-hydrogen) atoms. The second-order valence-electron chi connectivity index (χ2n) is 6.50. The summed E-state index contributed by atoms with van der Waals surface area (Å²) in [6.45, 7) is 1.46. The summed E-state index contributed by atoms with van der Waals surface area (Å²) in [7, 11) is -3.78. The third-order valence-corrected chi connectivity index (χ3v) is 6.50. The number of nitrogens with zero attached hydrogens (tertiary/aromatic N) is 1. The molecule has 4 rings (SSSR count). The Morgan fingerprint density at radius 1 is 1.11 bits per heavy atom. The number of benzene rings is 3. The molecule has 0 saturated carbocycles. The van der Waals surface area contributed by atoms with E-state index in [-0.39, 0.29) is 23.8 Å². The maximum absolute atomic E-state index is 13.6. The number of nitrogens with one attached hydrogen (secondary N) is 1. The highest BCUT2D eigenvalue weighted by atomic mass is 32.2. The number of hydrogen-bond acceptors (Lipinski definition) is 3. The first-order valence-electron chi connectivity index (χ1n) is 8.44. The van der Waals surface area contributed by atoms with Gasteiger partial charge in [0.05, 0.1) is 10.6 Å². The quantitative estimate of drug-likeness (QED) is 0.752. The van der Waals surface area contributed by atoms with Gasteiger partial charge < -0.3 is 5.32 Å². The molecule has 3 aromatic rings. The number of halogens is 1. The van der Waals surface area contributed by atoms with Crippen molar-refractivity contribution >= 4 is 32.4 Å². The molecule has 1 aliphatic rings. The fourth-order valence-electron chi connectivity index (χ4n) is 3.26. The topological polar surface area (TPSA) is 66.5 Å². The lowest BCUT2D eigenvalue weighted by molar-refractivity contribution is -0.119. The molecular weight excluding hydrogens is 367 g/mol. The van der Waals surface area contributed by atoms with E-state index in [2.05, 4.69) is 5.32 Å². The van der Waals surface area contributed by atoms with Crippen LogP contribution in [0.3, 0.4) is 0 Å². The smallest absolute Gasteiger partial charge is 0.265 e. The molecule has 0 radical (unpaired) electrons. The van der Waals surface area contributed by atoms with Crippen molar-refractivity contribution < 1.29 is 17.6 Å². The summed E-state index contributed by atoms with van der Waals surface area (Å²) < 4.78 is 40.4. The number of rotatable bonds is 4. The Morgan fingerprint density at radius 2 is 1.85 bits per heavy atom. The average molecular weight is 384 g/mol. The molecule has 5 nitrogen and oxygen atoms in total. The third-order valence-electron chi connectivity index (χ3n) is 4.69. The van der Waals surface area contributed by atoms with Crippen molar-refractivity contribution in [3.63, 3.8) is 0 Å². The van der Waals surface area contributed by atoms with E-state index in [1.54, 1.807) is 43.3 Å². The Kier molecular flexibility index (Phi) is 4.11. The predicted octanol–water partition coefficient (Wildman–Crippen LogP) is 3.11. The molecule has 1 aliphatic heterocycles. The monoisotopic (exact) mass is 384 g/mol. The standard InChI is InChI=1S/C20H17FN2O3S/c1-13-8-9-14(10-16(13)21)11-22-19(24)12-23-17-6-2-4-15-5-3-7-18(20(15)17)27(23,25)26/h2-10H,11-12H2,1H3,(H,22,24). The van der Waals surface area contributed by atoms with Crippen molar-refractivity contribution in [1.29, 1.82) is 0 Å². The van der Waals surface area contributed by atoms with Gasteiger partial charge in [-0.15, -0.1) is 0 Å². The van der Waals surface area contributed by atoms with Crippen molar-refractivity contribution in [2.24, 2.45) is 0 Å². The highest BCUT2D eigenvalue weighted by Gasteiger charge is 2.36. The van der Waals surface area contributed by atoms with E-state index < -0.39 is 15.9 Å². The van der Waals surface area contributed by atoms with Crippen LogP contribution in [0.2, 0.25) is 0 Å². The Hall–Kier alpha value is -2.93. The predicted molar refractivity (Wildman–Crippen MR) is 101 cm³/mol. The molecule has 0 aliphatic carbocycles. The van der Waals surface area contributed by atoms with Crippen molar-refractivity contribution in [2.45, 2.75) is 18.4 Å². The van der Waals surface area contributed by atoms with E-state index in [4.69, 9.17) is 0 Å². The Balaban J connectivity index is 1.55. The maximum atomic E-state index is 13.6. The van der Waals surface area contributed by atoms with Gasteiger partial charge in [0.25, 0.3) is 10.0 Å². The number of carbonyl (C=O) groups is 1. The zero-order valence-corrected chi connectivity index (χ0v) is 15.4. The van der Waals surface area contributed by atoms with Crippen molar-refractivity contribution in [1.82, 2.24) is 5.32 Å². The summed E-state index contributed by atoms with van der Waals surface area (Å²) in [5, 5.41) is 4.10. The molecule has 0 saturated heterocycles. The fourth-order valence-corrected chi connectivity index (χ4v) is 4.93. The number of anilines is 1. The molecule has 0 fully saturated rings. The fraction of sp³-hybridized carbons (Fsp3) is 0.150. The van der Waals surface area contributed by atoms with Crippen molar-refractivity contribution in [3.8, 4) is 0 Å². The minimum Gasteiger partial charge on any atom is -0.350 e. The van der Waals surface area contributed by atoms with Gasteiger partial charge in [-0.1, -0.05) is 36.4 Å². The van der Waals surface area contributed by atoms with Crippen LogP contribution in [0.5, 0.6) is 0 Å². The van der Waals surface area contributed by atoms with Gasteiger partial charge in [0.15, 0.2) is 0 Å². The number of sulfonamides is 1. The van der Waals surface area contributed by atoms with E-state index in [9.17, 15) is 17.6 Å². The summed E-state index contributed by atoms with van der Waals surface area (Å²) >= 11 is 0. The number of aryl methyl sites for hydroxylation is 1. The summed E-state index contributed by atoms with van der Waals surface area (Å²) in [6, 6.07) is 15.1. The molecule has 0 bridgehead atoms. The molecule has 0 spiro atoms. The van der Waals surface area contributed by atoms with Crippen LogP contribution in [0.15, 0.2) is 59.5 Å². The molecule has 7 heteroatoms. The molecular formula is C20H17FN2O3S. The molecule has 138 valence electrons. The lowest BCUT2D eigenvalue weighted by atomic mass is 10.1. The first-order valence-corrected chi connectivity index (χ1v) is 9.88. The van der Waals surface area contributed by atoms with E-state index in [1.165, 1.54) is 6.07 Å². The van der Waals surface area contributed by atoms with Gasteiger partial charge in [0, 0.05) is 11.9 Å². The van der Waals surface area contributed by atoms with Gasteiger partial charge in [-0.05, 0) is 41.6 Å². The molecule has 0 atom stereocenters. The second kappa shape index (κ2) is 6.35. The van der Waals surface area contributed by atoms with Crippen molar-refractivity contribution in [3.05, 3.63) is 71.5 Å². The third kappa shape index (κ3) is 2.94. The van der Waals surface area contributed by atoms with Crippen LogP contribution in [-0.2, 0) is 21.4 Å². The second-order valence-corrected chi connectivity index (χ2v) is 8.33. The normalized spacial score (nSPS) is 14.5. The number of amides is 1. The van der Waals surface area contributed by atoms with Gasteiger partial charge in [0.2, 0.25) is 5.91 Å². The molecule has 3 aromatic carbocycles. The molecule has 1 amide bonds. The highest BCUT2D eigenvalue weighted by molar-refractivity contribution is 7.93. The van der Waals surface area contributed by atoms with Crippen LogP contribution in [0, 0.1) is 12.7 Å². The summed E-state index contributed by atoms with van der Waals surface area (Å²) in [5.41, 5.74) is 1.64. The zero-order valence-electron chi connectivity index (χ0n) is 14.6. The van der Waals surface area contributed by atoms with E-state index in [0.29, 0.717) is 22.2 Å². The molecule has 1 heterocycles. The minimum absolute atomic E-state index is 0.126. The van der Waals surface area contributed by atoms with Gasteiger partial charge in [-0.2, -0.15) is 0 Å². The lowest BCUT2D eigenvalue weighted by Crippen LogP contribution is -2.38. The van der Waals surface area contributed by atoms with Crippen LogP contribution >= 0.6 is 0 Å². The van der Waals surface area contributed by atoms with Crippen LogP contribution in [0.25, 0.3) is 10.8 Å². The van der Waals surface area contributed by atoms with Gasteiger partial charge in [-0.25, -0.2) is 12.8 Å². The molecule has 0 aromatic heterocycles. The van der Waals surface area contributed by atoms with Crippen LogP contribution in [0.4, 0.5) is 10.1 Å². The van der Waals surface area contributed by atoms with E-state index in [0.717, 1.165) is 9.69 Å². The first-order chi connectivity index (χ1) is 12.9. The number of carbonyl (C=O) groups excluding carboxylic acids is 1. The summed E-state index contributed by atoms with van der Waals surface area (Å²) in [4.78, 5) is 12.6. The Bertz CT molecular complexity index is 1170. The van der Waals surface area contributed by atoms with E-state index >= 15 is 0 Å². The van der Waals surface area contributed by atoms with Gasteiger partial charge in [0.1, 0.15) is 12.4 Å². The van der Waals surface area contributed by atoms with Crippen LogP contribution in [-0.4, -0.2) is 20.9 Å². The maximum Gasteiger partial charge on any atom is 0.265 e. The Labute approximate surface area is 156 Å². The highest BCUT2D eigenvalue weighted by Crippen LogP contribution is 2.41. The SMILES string of the molecule is Cc1ccc(CNC(=O)CN2c3cccc4cccc(c34)S2(=O)=O)cc1F. The molecule has 1 N–H and O–H groups in total. The van der Waals surface area contributed by atoms with E-state index in [1.807, 2.05) is 12.1 Å². The summed E-state index contributed by atoms with van der Waals surface area (Å²) in [5.74, 6) is -0.796. The van der Waals surface area contributed by atoms with Crippen LogP contribution in [0.1, 0.15) is 11.1 Å².